The van der Waals surface area contributed by atoms with Gasteiger partial charge in [-0.25, -0.2) is 0 Å². The van der Waals surface area contributed by atoms with Crippen LogP contribution in [0.3, 0.4) is 0 Å². The quantitative estimate of drug-likeness (QED) is 0.243. The van der Waals surface area contributed by atoms with Crippen LogP contribution in [-0.4, -0.2) is 19.5 Å². The third kappa shape index (κ3) is 2.25. The van der Waals surface area contributed by atoms with E-state index in [0.29, 0.717) is 14.5 Å². The maximum absolute atomic E-state index is 5.00. The van der Waals surface area contributed by atoms with E-state index in [1.165, 1.54) is 45.8 Å². The van der Waals surface area contributed by atoms with E-state index in [-0.39, 0.29) is 0 Å². The first-order valence-electron chi connectivity index (χ1n) is 8.90. The van der Waals surface area contributed by atoms with Crippen molar-refractivity contribution in [3.8, 4) is 10.6 Å². The number of benzene rings is 3. The molecule has 0 amide bonds. The van der Waals surface area contributed by atoms with Crippen molar-refractivity contribution >= 4 is 76.8 Å². The molecule has 3 heterocycles. The number of hydrogen-bond donors (Lipinski definition) is 0. The molecular weight excluding hydrogens is 433 g/mol. The first kappa shape index (κ1) is 16.0. The van der Waals surface area contributed by atoms with E-state index >= 15 is 0 Å². The van der Waals surface area contributed by atoms with Gasteiger partial charge in [0.1, 0.15) is 0 Å². The molecule has 0 spiro atoms. The molecule has 0 saturated carbocycles. The zero-order valence-corrected chi connectivity index (χ0v) is 18.2. The van der Waals surface area contributed by atoms with Crippen LogP contribution in [0.5, 0.6) is 0 Å². The van der Waals surface area contributed by atoms with Gasteiger partial charge in [-0.2, -0.15) is 0 Å². The van der Waals surface area contributed by atoms with E-state index in [2.05, 4.69) is 68.4 Å². The number of nitrogens with zero attached hydrogens (tertiary/aromatic N) is 1. The Bertz CT molecular complexity index is 1470. The Morgan fingerprint density at radius 2 is 1.67 bits per heavy atom. The summed E-state index contributed by atoms with van der Waals surface area (Å²) in [6.45, 7) is 4.53. The number of aryl methyl sites for hydroxylation is 2. The Morgan fingerprint density at radius 3 is 2.56 bits per heavy atom. The Morgan fingerprint density at radius 1 is 0.852 bits per heavy atom. The van der Waals surface area contributed by atoms with Crippen LogP contribution in [0.4, 0.5) is 0 Å². The molecule has 3 aromatic heterocycles. The predicted octanol–water partition coefficient (Wildman–Crippen LogP) is 7.16. The zero-order chi connectivity index (χ0) is 18.1. The van der Waals surface area contributed by atoms with Gasteiger partial charge in [-0.15, -0.1) is 0 Å². The van der Waals surface area contributed by atoms with E-state index in [4.69, 9.17) is 4.98 Å². The van der Waals surface area contributed by atoms with Crippen LogP contribution < -0.4 is 0 Å². The average molecular weight is 448 g/mol. The molecule has 0 N–H and O–H groups in total. The molecule has 0 aliphatic rings. The topological polar surface area (TPSA) is 12.9 Å². The van der Waals surface area contributed by atoms with E-state index in [0.717, 1.165) is 10.5 Å². The van der Waals surface area contributed by atoms with E-state index < -0.39 is 0 Å². The summed E-state index contributed by atoms with van der Waals surface area (Å²) in [6.07, 6.45) is 0. The second-order valence-electron chi connectivity index (χ2n) is 6.87. The fourth-order valence-corrected chi connectivity index (χ4v) is 8.94. The summed E-state index contributed by atoms with van der Waals surface area (Å²) in [5.41, 5.74) is 3.87. The summed E-state index contributed by atoms with van der Waals surface area (Å²) in [5, 5.41) is 5.48. The third-order valence-corrected chi connectivity index (χ3v) is 10.0. The molecule has 0 atom stereocenters. The molecule has 0 radical (unpaired) electrons. The van der Waals surface area contributed by atoms with Crippen molar-refractivity contribution in [1.29, 1.82) is 0 Å². The van der Waals surface area contributed by atoms with Crippen LogP contribution in [-0.2, 0) is 0 Å². The van der Waals surface area contributed by atoms with E-state index in [9.17, 15) is 0 Å². The Kier molecular flexibility index (Phi) is 3.42. The van der Waals surface area contributed by atoms with Crippen LogP contribution in [0, 0.1) is 13.8 Å². The Hall–Kier alpha value is -1.97. The van der Waals surface area contributed by atoms with Crippen molar-refractivity contribution < 1.29 is 0 Å². The van der Waals surface area contributed by atoms with Crippen LogP contribution in [0.2, 0.25) is 0 Å². The molecule has 27 heavy (non-hydrogen) atoms. The van der Waals surface area contributed by atoms with E-state index in [1.807, 2.05) is 22.7 Å². The van der Waals surface area contributed by atoms with Gasteiger partial charge in [0.15, 0.2) is 0 Å². The van der Waals surface area contributed by atoms with Gasteiger partial charge in [0.25, 0.3) is 0 Å². The normalized spacial score (nSPS) is 12.1. The van der Waals surface area contributed by atoms with Crippen LogP contribution in [0.1, 0.15) is 10.4 Å². The fraction of sp³-hybridized carbons (Fsp3) is 0.0870. The van der Waals surface area contributed by atoms with Crippen molar-refractivity contribution in [3.05, 3.63) is 65.0 Å². The average Bonchev–Trinajstić information content (AvgIpc) is 3.35. The third-order valence-electron chi connectivity index (χ3n) is 5.30. The van der Waals surface area contributed by atoms with Gasteiger partial charge in [0, 0.05) is 0 Å². The summed E-state index contributed by atoms with van der Waals surface area (Å²) in [4.78, 5) is 6.43. The van der Waals surface area contributed by atoms with Crippen molar-refractivity contribution in [1.82, 2.24) is 4.98 Å². The van der Waals surface area contributed by atoms with Crippen LogP contribution in [0.25, 0.3) is 50.2 Å². The number of fused-ring (bicyclic) bond motifs is 6. The SMILES string of the molecule is Cc1sc2cc(-c3nc4ccccc4s3)c3c4ccccc4[se]c3c2c1C. The second kappa shape index (κ2) is 5.76. The standard InChI is InChI=1S/C23H15NS2Se/c1-12-13(2)25-18-11-15(23-24-16-8-4-5-9-17(16)26-23)21-14-7-3-6-10-19(14)27-22(21)20(12)18/h3-11H,1-2H3. The minimum absolute atomic E-state index is 0.356. The van der Waals surface area contributed by atoms with Gasteiger partial charge in [-0.3, -0.25) is 0 Å². The van der Waals surface area contributed by atoms with Crippen molar-refractivity contribution in [3.63, 3.8) is 0 Å². The second-order valence-corrected chi connectivity index (χ2v) is 11.4. The first-order chi connectivity index (χ1) is 13.2. The molecule has 3 aromatic carbocycles. The summed E-state index contributed by atoms with van der Waals surface area (Å²) in [7, 11) is 0. The molecule has 1 nitrogen and oxygen atoms in total. The number of hydrogen-bond acceptors (Lipinski definition) is 3. The monoisotopic (exact) mass is 449 g/mol. The summed E-state index contributed by atoms with van der Waals surface area (Å²) in [6, 6.07) is 19.8. The number of rotatable bonds is 1. The van der Waals surface area contributed by atoms with Crippen LogP contribution in [0.15, 0.2) is 54.6 Å². The molecule has 6 aromatic rings. The maximum atomic E-state index is 5.00. The van der Waals surface area contributed by atoms with Crippen molar-refractivity contribution in [2.75, 3.05) is 0 Å². The Labute approximate surface area is 170 Å². The van der Waals surface area contributed by atoms with Gasteiger partial charge in [0.2, 0.25) is 0 Å². The molecule has 0 fully saturated rings. The molecule has 130 valence electrons. The molecule has 0 bridgehead atoms. The summed E-state index contributed by atoms with van der Waals surface area (Å²) in [5.74, 6) is 0. The van der Waals surface area contributed by atoms with Gasteiger partial charge < -0.3 is 0 Å². The summed E-state index contributed by atoms with van der Waals surface area (Å²) < 4.78 is 5.72. The molecular formula is C23H15NS2Se. The molecule has 0 aliphatic heterocycles. The number of aromatic nitrogens is 1. The molecule has 6 rings (SSSR count). The fourth-order valence-electron chi connectivity index (χ4n) is 3.89. The molecule has 0 aliphatic carbocycles. The van der Waals surface area contributed by atoms with Gasteiger partial charge in [-0.1, -0.05) is 0 Å². The van der Waals surface area contributed by atoms with E-state index in [1.54, 1.807) is 4.26 Å². The number of thiophene rings is 1. The molecule has 0 saturated heterocycles. The predicted molar refractivity (Wildman–Crippen MR) is 122 cm³/mol. The van der Waals surface area contributed by atoms with Gasteiger partial charge in [0.05, 0.1) is 0 Å². The Balaban J connectivity index is 1.84. The van der Waals surface area contributed by atoms with Crippen molar-refractivity contribution in [2.45, 2.75) is 13.8 Å². The van der Waals surface area contributed by atoms with Crippen molar-refractivity contribution in [2.24, 2.45) is 0 Å². The van der Waals surface area contributed by atoms with Gasteiger partial charge >= 0.3 is 171 Å². The number of thiazole rings is 1. The number of para-hydroxylation sites is 1. The van der Waals surface area contributed by atoms with Gasteiger partial charge in [-0.05, 0) is 0 Å². The van der Waals surface area contributed by atoms with Crippen LogP contribution >= 0.6 is 22.7 Å². The summed E-state index contributed by atoms with van der Waals surface area (Å²) >= 11 is 4.09. The zero-order valence-electron chi connectivity index (χ0n) is 14.9. The molecule has 4 heteroatoms. The minimum atomic E-state index is 0.356. The molecule has 0 unspecified atom stereocenters. The first-order valence-corrected chi connectivity index (χ1v) is 12.3.